The molecule has 0 spiro atoms. The number of ether oxygens (including phenoxy) is 3. The van der Waals surface area contributed by atoms with E-state index in [1.807, 2.05) is 30.3 Å². The van der Waals surface area contributed by atoms with Gasteiger partial charge in [0.15, 0.2) is 6.29 Å². The minimum absolute atomic E-state index is 0.110. The molecule has 1 unspecified atom stereocenters. The highest BCUT2D eigenvalue weighted by Crippen LogP contribution is 2.27. The Morgan fingerprint density at radius 3 is 2.55 bits per heavy atom. The number of alkyl carbamates (subject to hydrolysis) is 1. The molecule has 0 aliphatic carbocycles. The molecule has 2 heterocycles. The Morgan fingerprint density at radius 2 is 1.93 bits per heavy atom. The number of hydrogen-bond acceptors (Lipinski definition) is 7. The van der Waals surface area contributed by atoms with Crippen LogP contribution in [-0.4, -0.2) is 38.4 Å². The van der Waals surface area contributed by atoms with E-state index in [0.29, 0.717) is 23.4 Å². The molecule has 1 atom stereocenters. The lowest BCUT2D eigenvalue weighted by Crippen LogP contribution is -2.58. The SMILES string of the molecule is COC(C=O)(OC)C1NC(c2ccco2)=CC=C1NC(=O)OCc1ccccc1. The number of carbonyl (C=O) groups is 2. The van der Waals surface area contributed by atoms with E-state index >= 15 is 0 Å². The minimum atomic E-state index is -1.68. The van der Waals surface area contributed by atoms with Gasteiger partial charge >= 0.3 is 6.09 Å². The summed E-state index contributed by atoms with van der Waals surface area (Å²) in [4.78, 5) is 24.1. The minimum Gasteiger partial charge on any atom is -0.463 e. The van der Waals surface area contributed by atoms with Crippen LogP contribution in [0.1, 0.15) is 11.3 Å². The molecule has 2 N–H and O–H groups in total. The first kappa shape index (κ1) is 20.4. The monoisotopic (exact) mass is 398 g/mol. The van der Waals surface area contributed by atoms with Gasteiger partial charge in [-0.25, -0.2) is 4.79 Å². The smallest absolute Gasteiger partial charge is 0.411 e. The van der Waals surface area contributed by atoms with Crippen molar-refractivity contribution < 1.29 is 28.2 Å². The summed E-state index contributed by atoms with van der Waals surface area (Å²) in [6.07, 6.45) is 4.74. The molecule has 8 heteroatoms. The van der Waals surface area contributed by atoms with Crippen molar-refractivity contribution in [3.8, 4) is 0 Å². The van der Waals surface area contributed by atoms with Crippen LogP contribution in [0.5, 0.6) is 0 Å². The Balaban J connectivity index is 1.80. The lowest BCUT2D eigenvalue weighted by Gasteiger charge is -2.37. The van der Waals surface area contributed by atoms with Gasteiger partial charge < -0.3 is 23.9 Å². The highest BCUT2D eigenvalue weighted by Gasteiger charge is 2.44. The molecule has 0 bridgehead atoms. The molecule has 29 heavy (non-hydrogen) atoms. The maximum atomic E-state index is 12.3. The van der Waals surface area contributed by atoms with Gasteiger partial charge in [-0.3, -0.25) is 10.1 Å². The summed E-state index contributed by atoms with van der Waals surface area (Å²) in [5.41, 5.74) is 1.80. The second-order valence-electron chi connectivity index (χ2n) is 6.19. The van der Waals surface area contributed by atoms with Crippen molar-refractivity contribution in [2.24, 2.45) is 0 Å². The lowest BCUT2D eigenvalue weighted by molar-refractivity contribution is -0.203. The maximum absolute atomic E-state index is 12.3. The summed E-state index contributed by atoms with van der Waals surface area (Å²) in [5.74, 6) is -1.12. The van der Waals surface area contributed by atoms with Crippen LogP contribution in [0.2, 0.25) is 0 Å². The summed E-state index contributed by atoms with van der Waals surface area (Å²) in [5, 5.41) is 5.78. The van der Waals surface area contributed by atoms with Gasteiger partial charge in [0.05, 0.1) is 12.0 Å². The van der Waals surface area contributed by atoms with Gasteiger partial charge in [-0.15, -0.1) is 0 Å². The van der Waals surface area contributed by atoms with Crippen molar-refractivity contribution in [2.75, 3.05) is 14.2 Å². The van der Waals surface area contributed by atoms with E-state index < -0.39 is 17.9 Å². The number of allylic oxidation sites excluding steroid dienone is 2. The molecular weight excluding hydrogens is 376 g/mol. The second-order valence-corrected chi connectivity index (χ2v) is 6.19. The Labute approximate surface area is 168 Å². The zero-order chi connectivity index (χ0) is 20.7. The number of methoxy groups -OCH3 is 2. The molecule has 1 aromatic carbocycles. The third kappa shape index (κ3) is 4.56. The molecule has 0 saturated carbocycles. The Kier molecular flexibility index (Phi) is 6.48. The predicted octanol–water partition coefficient (Wildman–Crippen LogP) is 2.59. The Hall–Kier alpha value is -3.36. The second kappa shape index (κ2) is 9.22. The number of aldehydes is 1. The highest BCUT2D eigenvalue weighted by atomic mass is 16.7. The first-order chi connectivity index (χ1) is 14.1. The largest absolute Gasteiger partial charge is 0.463 e. The highest BCUT2D eigenvalue weighted by molar-refractivity contribution is 5.74. The van der Waals surface area contributed by atoms with Crippen molar-refractivity contribution in [2.45, 2.75) is 18.4 Å². The van der Waals surface area contributed by atoms with Crippen LogP contribution < -0.4 is 10.6 Å². The molecule has 2 aromatic rings. The van der Waals surface area contributed by atoms with Crippen LogP contribution in [-0.2, 0) is 25.6 Å². The van der Waals surface area contributed by atoms with Crippen molar-refractivity contribution in [1.29, 1.82) is 0 Å². The van der Waals surface area contributed by atoms with Crippen LogP contribution in [0.25, 0.3) is 5.70 Å². The number of rotatable bonds is 8. The molecule has 0 fully saturated rings. The molecular formula is C21H22N2O6. The average molecular weight is 398 g/mol. The zero-order valence-electron chi connectivity index (χ0n) is 16.1. The zero-order valence-corrected chi connectivity index (χ0v) is 16.1. The van der Waals surface area contributed by atoms with Crippen LogP contribution in [0, 0.1) is 0 Å². The van der Waals surface area contributed by atoms with Gasteiger partial charge in [-0.2, -0.15) is 0 Å². The van der Waals surface area contributed by atoms with E-state index in [-0.39, 0.29) is 6.61 Å². The summed E-state index contributed by atoms with van der Waals surface area (Å²) in [6, 6.07) is 11.9. The Morgan fingerprint density at radius 1 is 1.17 bits per heavy atom. The fraction of sp³-hybridized carbons (Fsp3) is 0.238. The van der Waals surface area contributed by atoms with E-state index in [2.05, 4.69) is 10.6 Å². The topological polar surface area (TPSA) is 99.0 Å². The van der Waals surface area contributed by atoms with Crippen molar-refractivity contribution in [3.05, 3.63) is 77.9 Å². The summed E-state index contributed by atoms with van der Waals surface area (Å²) < 4.78 is 21.3. The predicted molar refractivity (Wildman–Crippen MR) is 104 cm³/mol. The van der Waals surface area contributed by atoms with E-state index in [1.165, 1.54) is 20.5 Å². The van der Waals surface area contributed by atoms with Crippen LogP contribution in [0.4, 0.5) is 4.79 Å². The van der Waals surface area contributed by atoms with Crippen LogP contribution in [0.3, 0.4) is 0 Å². The van der Waals surface area contributed by atoms with Gasteiger partial charge in [0.2, 0.25) is 0 Å². The molecule has 1 aromatic heterocycles. The summed E-state index contributed by atoms with van der Waals surface area (Å²) >= 11 is 0. The fourth-order valence-corrected chi connectivity index (χ4v) is 2.93. The van der Waals surface area contributed by atoms with Gasteiger partial charge in [0.25, 0.3) is 5.79 Å². The van der Waals surface area contributed by atoms with E-state index in [1.54, 1.807) is 24.3 Å². The molecule has 8 nitrogen and oxygen atoms in total. The first-order valence-corrected chi connectivity index (χ1v) is 8.88. The maximum Gasteiger partial charge on any atom is 0.411 e. The summed E-state index contributed by atoms with van der Waals surface area (Å²) in [7, 11) is 2.69. The summed E-state index contributed by atoms with van der Waals surface area (Å²) in [6.45, 7) is 0.110. The molecule has 152 valence electrons. The first-order valence-electron chi connectivity index (χ1n) is 8.88. The van der Waals surface area contributed by atoms with Crippen molar-refractivity contribution in [1.82, 2.24) is 10.6 Å². The third-order valence-electron chi connectivity index (χ3n) is 4.49. The van der Waals surface area contributed by atoms with E-state index in [0.717, 1.165) is 5.56 Å². The van der Waals surface area contributed by atoms with Gasteiger partial charge in [-0.05, 0) is 29.8 Å². The molecule has 0 radical (unpaired) electrons. The number of amides is 1. The number of dihydropyridines is 1. The standard InChI is InChI=1S/C21H22N2O6/c1-26-21(14-24,27-2)19-17(11-10-16(22-19)18-9-6-12-28-18)23-20(25)29-13-15-7-4-3-5-8-15/h3-12,14,19,22H,13H2,1-2H3,(H,23,25). The van der Waals surface area contributed by atoms with Gasteiger partial charge in [0.1, 0.15) is 18.4 Å². The lowest BCUT2D eigenvalue weighted by atomic mass is 9.99. The molecule has 1 aliphatic rings. The molecule has 3 rings (SSSR count). The van der Waals surface area contributed by atoms with Crippen molar-refractivity contribution >= 4 is 18.1 Å². The number of carbonyl (C=O) groups excluding carboxylic acids is 2. The van der Waals surface area contributed by atoms with Crippen molar-refractivity contribution in [3.63, 3.8) is 0 Å². The van der Waals surface area contributed by atoms with Crippen LogP contribution >= 0.6 is 0 Å². The molecule has 1 aliphatic heterocycles. The Bertz CT molecular complexity index is 885. The third-order valence-corrected chi connectivity index (χ3v) is 4.49. The van der Waals surface area contributed by atoms with Gasteiger partial charge in [0, 0.05) is 19.9 Å². The van der Waals surface area contributed by atoms with E-state index in [4.69, 9.17) is 18.6 Å². The van der Waals surface area contributed by atoms with Gasteiger partial charge in [-0.1, -0.05) is 30.3 Å². The molecule has 1 amide bonds. The fourth-order valence-electron chi connectivity index (χ4n) is 2.93. The molecule has 0 saturated heterocycles. The quantitative estimate of drug-likeness (QED) is 0.521. The average Bonchev–Trinajstić information content (AvgIpc) is 3.30. The normalized spacial score (nSPS) is 16.3. The van der Waals surface area contributed by atoms with Crippen LogP contribution in [0.15, 0.2) is 71.0 Å². The van der Waals surface area contributed by atoms with E-state index in [9.17, 15) is 9.59 Å². The number of furan rings is 1. The number of benzene rings is 1. The number of hydrogen-bond donors (Lipinski definition) is 2. The number of nitrogens with one attached hydrogen (secondary N) is 2.